The van der Waals surface area contributed by atoms with Crippen molar-refractivity contribution in [1.82, 2.24) is 10.2 Å². The second-order valence-corrected chi connectivity index (χ2v) is 6.45. The first-order valence-electron chi connectivity index (χ1n) is 7.64. The third-order valence-electron chi connectivity index (χ3n) is 3.59. The van der Waals surface area contributed by atoms with E-state index in [-0.39, 0.29) is 17.4 Å². The molecule has 0 bridgehead atoms. The maximum Gasteiger partial charge on any atom is 0.277 e. The topological polar surface area (TPSA) is 88.2 Å². The molecule has 2 N–H and O–H groups in total. The van der Waals surface area contributed by atoms with Crippen LogP contribution in [0.25, 0.3) is 11.5 Å². The number of hydrogen-bond donors (Lipinski definition) is 2. The first-order valence-corrected chi connectivity index (χ1v) is 8.63. The third kappa shape index (κ3) is 4.19. The van der Waals surface area contributed by atoms with Gasteiger partial charge in [-0.3, -0.25) is 4.79 Å². The van der Waals surface area contributed by atoms with Gasteiger partial charge in [0.15, 0.2) is 0 Å². The smallest absolute Gasteiger partial charge is 0.277 e. The standard InChI is InChI=1S/C18H17N3O3S/c1-11-4-3-5-12(2)16(11)19-15(23)10-25-18-21-20-17(24-18)13-6-8-14(22)9-7-13/h3-9,22H,10H2,1-2H3,(H,19,23). The molecular weight excluding hydrogens is 338 g/mol. The number of rotatable bonds is 5. The highest BCUT2D eigenvalue weighted by Crippen LogP contribution is 2.25. The molecular formula is C18H17N3O3S. The Kier molecular flexibility index (Phi) is 5.04. The van der Waals surface area contributed by atoms with Gasteiger partial charge in [-0.25, -0.2) is 0 Å². The van der Waals surface area contributed by atoms with Crippen molar-refractivity contribution < 1.29 is 14.3 Å². The Labute approximate surface area is 149 Å². The Bertz CT molecular complexity index is 871. The van der Waals surface area contributed by atoms with Crippen LogP contribution < -0.4 is 5.32 Å². The summed E-state index contributed by atoms with van der Waals surface area (Å²) in [5, 5.41) is 20.4. The average molecular weight is 355 g/mol. The summed E-state index contributed by atoms with van der Waals surface area (Å²) in [6.07, 6.45) is 0. The number of aryl methyl sites for hydroxylation is 2. The molecule has 0 aliphatic heterocycles. The zero-order chi connectivity index (χ0) is 17.8. The molecule has 0 fully saturated rings. The number of amides is 1. The van der Waals surface area contributed by atoms with Crippen LogP contribution in [0.15, 0.2) is 52.1 Å². The van der Waals surface area contributed by atoms with Crippen molar-refractivity contribution in [2.75, 3.05) is 11.1 Å². The summed E-state index contributed by atoms with van der Waals surface area (Å²) in [6, 6.07) is 12.3. The zero-order valence-electron chi connectivity index (χ0n) is 13.8. The van der Waals surface area contributed by atoms with Crippen molar-refractivity contribution in [2.24, 2.45) is 0 Å². The SMILES string of the molecule is Cc1cccc(C)c1NC(=O)CSc1nnc(-c2ccc(O)cc2)o1. The molecule has 1 heterocycles. The van der Waals surface area contributed by atoms with E-state index in [0.717, 1.165) is 16.8 Å². The summed E-state index contributed by atoms with van der Waals surface area (Å²) in [5.74, 6) is 0.552. The molecule has 3 rings (SSSR count). The normalized spacial score (nSPS) is 10.6. The van der Waals surface area contributed by atoms with Crippen molar-refractivity contribution in [1.29, 1.82) is 0 Å². The number of anilines is 1. The monoisotopic (exact) mass is 355 g/mol. The molecule has 1 aromatic heterocycles. The molecule has 1 amide bonds. The van der Waals surface area contributed by atoms with Crippen LogP contribution in [0.2, 0.25) is 0 Å². The second kappa shape index (κ2) is 7.40. The van der Waals surface area contributed by atoms with Gasteiger partial charge in [0.2, 0.25) is 11.8 Å². The van der Waals surface area contributed by atoms with Crippen LogP contribution in [-0.4, -0.2) is 27.0 Å². The van der Waals surface area contributed by atoms with Crippen molar-refractivity contribution in [2.45, 2.75) is 19.1 Å². The van der Waals surface area contributed by atoms with Gasteiger partial charge in [0.1, 0.15) is 5.75 Å². The number of thioether (sulfide) groups is 1. The van der Waals surface area contributed by atoms with Gasteiger partial charge in [-0.1, -0.05) is 30.0 Å². The van der Waals surface area contributed by atoms with Crippen molar-refractivity contribution in [3.8, 4) is 17.2 Å². The van der Waals surface area contributed by atoms with E-state index in [9.17, 15) is 9.90 Å². The molecule has 128 valence electrons. The summed E-state index contributed by atoms with van der Waals surface area (Å²) in [5.41, 5.74) is 3.58. The van der Waals surface area contributed by atoms with Crippen LogP contribution in [-0.2, 0) is 4.79 Å². The Morgan fingerprint density at radius 3 is 2.48 bits per heavy atom. The highest BCUT2D eigenvalue weighted by atomic mass is 32.2. The van der Waals surface area contributed by atoms with E-state index in [4.69, 9.17) is 4.42 Å². The molecule has 0 aliphatic rings. The number of benzene rings is 2. The summed E-state index contributed by atoms with van der Waals surface area (Å²) in [7, 11) is 0. The lowest BCUT2D eigenvalue weighted by molar-refractivity contribution is -0.113. The predicted octanol–water partition coefficient (Wildman–Crippen LogP) is 3.79. The van der Waals surface area contributed by atoms with Crippen LogP contribution >= 0.6 is 11.8 Å². The van der Waals surface area contributed by atoms with E-state index in [0.29, 0.717) is 16.7 Å². The summed E-state index contributed by atoms with van der Waals surface area (Å²) in [4.78, 5) is 12.2. The molecule has 0 aliphatic carbocycles. The lowest BCUT2D eigenvalue weighted by Gasteiger charge is -2.10. The molecule has 25 heavy (non-hydrogen) atoms. The Morgan fingerprint density at radius 2 is 1.80 bits per heavy atom. The summed E-state index contributed by atoms with van der Waals surface area (Å²) in [6.45, 7) is 3.91. The number of aromatic nitrogens is 2. The number of nitrogens with zero attached hydrogens (tertiary/aromatic N) is 2. The van der Waals surface area contributed by atoms with Gasteiger partial charge in [-0.05, 0) is 49.2 Å². The fraction of sp³-hybridized carbons (Fsp3) is 0.167. The number of hydrogen-bond acceptors (Lipinski definition) is 6. The number of para-hydroxylation sites is 1. The molecule has 0 atom stereocenters. The molecule has 0 unspecified atom stereocenters. The van der Waals surface area contributed by atoms with E-state index in [1.165, 1.54) is 11.8 Å². The molecule has 0 saturated heterocycles. The quantitative estimate of drug-likeness (QED) is 0.677. The van der Waals surface area contributed by atoms with Crippen LogP contribution in [0.5, 0.6) is 5.75 Å². The number of phenolic OH excluding ortho intramolecular Hbond substituents is 1. The van der Waals surface area contributed by atoms with E-state index in [2.05, 4.69) is 15.5 Å². The Balaban J connectivity index is 1.60. The average Bonchev–Trinajstić information content (AvgIpc) is 3.06. The van der Waals surface area contributed by atoms with Gasteiger partial charge in [0, 0.05) is 11.3 Å². The minimum atomic E-state index is -0.133. The van der Waals surface area contributed by atoms with E-state index >= 15 is 0 Å². The Hall–Kier alpha value is -2.80. The van der Waals surface area contributed by atoms with Crippen LogP contribution in [0.3, 0.4) is 0 Å². The molecule has 7 heteroatoms. The molecule has 3 aromatic rings. The fourth-order valence-corrected chi connectivity index (χ4v) is 2.87. The van der Waals surface area contributed by atoms with E-state index in [1.54, 1.807) is 24.3 Å². The van der Waals surface area contributed by atoms with Gasteiger partial charge < -0.3 is 14.8 Å². The number of carbonyl (C=O) groups is 1. The van der Waals surface area contributed by atoms with E-state index < -0.39 is 0 Å². The largest absolute Gasteiger partial charge is 0.508 e. The van der Waals surface area contributed by atoms with Crippen molar-refractivity contribution >= 4 is 23.4 Å². The summed E-state index contributed by atoms with van der Waals surface area (Å²) >= 11 is 1.18. The highest BCUT2D eigenvalue weighted by molar-refractivity contribution is 7.99. The van der Waals surface area contributed by atoms with Gasteiger partial charge in [0.05, 0.1) is 5.75 Å². The molecule has 6 nitrogen and oxygen atoms in total. The molecule has 0 radical (unpaired) electrons. The first kappa shape index (κ1) is 17.0. The van der Waals surface area contributed by atoms with Gasteiger partial charge in [-0.15, -0.1) is 10.2 Å². The maximum absolute atomic E-state index is 12.2. The molecule has 0 spiro atoms. The molecule has 0 saturated carbocycles. The zero-order valence-corrected chi connectivity index (χ0v) is 14.6. The van der Waals surface area contributed by atoms with Crippen molar-refractivity contribution in [3.05, 3.63) is 53.6 Å². The van der Waals surface area contributed by atoms with Crippen molar-refractivity contribution in [3.63, 3.8) is 0 Å². The number of carbonyl (C=O) groups excluding carboxylic acids is 1. The lowest BCUT2D eigenvalue weighted by Crippen LogP contribution is -2.15. The van der Waals surface area contributed by atoms with Gasteiger partial charge in [0.25, 0.3) is 5.22 Å². The number of nitrogens with one attached hydrogen (secondary N) is 1. The number of phenols is 1. The first-order chi connectivity index (χ1) is 12.0. The highest BCUT2D eigenvalue weighted by Gasteiger charge is 2.12. The van der Waals surface area contributed by atoms with Crippen LogP contribution in [0.4, 0.5) is 5.69 Å². The third-order valence-corrected chi connectivity index (χ3v) is 4.41. The number of aromatic hydroxyl groups is 1. The van der Waals surface area contributed by atoms with Crippen LogP contribution in [0.1, 0.15) is 11.1 Å². The van der Waals surface area contributed by atoms with E-state index in [1.807, 2.05) is 32.0 Å². The second-order valence-electron chi connectivity index (χ2n) is 5.52. The predicted molar refractivity (Wildman–Crippen MR) is 96.7 cm³/mol. The lowest BCUT2D eigenvalue weighted by atomic mass is 10.1. The fourth-order valence-electron chi connectivity index (χ4n) is 2.30. The molecule has 2 aromatic carbocycles. The minimum absolute atomic E-state index is 0.133. The van der Waals surface area contributed by atoms with Gasteiger partial charge >= 0.3 is 0 Å². The van der Waals surface area contributed by atoms with Gasteiger partial charge in [-0.2, -0.15) is 0 Å². The van der Waals surface area contributed by atoms with Crippen LogP contribution in [0, 0.1) is 13.8 Å². The Morgan fingerprint density at radius 1 is 1.12 bits per heavy atom. The summed E-state index contributed by atoms with van der Waals surface area (Å²) < 4.78 is 5.54. The maximum atomic E-state index is 12.2. The minimum Gasteiger partial charge on any atom is -0.508 e.